The molecular weight excluding hydrogens is 591 g/mol. The monoisotopic (exact) mass is 642 g/mol. The number of anilines is 6. The van der Waals surface area contributed by atoms with Gasteiger partial charge in [0.05, 0.1) is 0 Å². The summed E-state index contributed by atoms with van der Waals surface area (Å²) in [5.74, 6) is 0. The Balaban J connectivity index is 1.40. The molecule has 0 radical (unpaired) electrons. The van der Waals surface area contributed by atoms with E-state index >= 15 is 0 Å². The zero-order valence-electron chi connectivity index (χ0n) is 31.2. The second kappa shape index (κ2) is 10.6. The number of benzene rings is 5. The zero-order valence-corrected chi connectivity index (χ0v) is 31.2. The van der Waals surface area contributed by atoms with Gasteiger partial charge in [-0.1, -0.05) is 124 Å². The van der Waals surface area contributed by atoms with Crippen LogP contribution in [-0.2, 0) is 21.7 Å². The molecule has 0 aromatic heterocycles. The topological polar surface area (TPSA) is 6.48 Å². The average Bonchev–Trinajstić information content (AvgIpc) is 3.05. The molecule has 2 heterocycles. The first kappa shape index (κ1) is 32.0. The Morgan fingerprint density at radius 3 is 1.67 bits per heavy atom. The van der Waals surface area contributed by atoms with Crippen molar-refractivity contribution in [3.8, 4) is 0 Å². The Morgan fingerprint density at radius 1 is 0.490 bits per heavy atom. The lowest BCUT2D eigenvalue weighted by Crippen LogP contribution is -2.61. The average molecular weight is 643 g/mol. The quantitative estimate of drug-likeness (QED) is 0.173. The Hall–Kier alpha value is -4.24. The predicted molar refractivity (Wildman–Crippen MR) is 213 cm³/mol. The summed E-state index contributed by atoms with van der Waals surface area (Å²) in [6, 6.07) is 40.0. The molecule has 0 bridgehead atoms. The van der Waals surface area contributed by atoms with Crippen molar-refractivity contribution in [3.63, 3.8) is 0 Å². The fraction of sp³-hybridized carbons (Fsp3) is 0.348. The summed E-state index contributed by atoms with van der Waals surface area (Å²) in [7, 11) is 0. The smallest absolute Gasteiger partial charge is 0.252 e. The first-order chi connectivity index (χ1) is 23.1. The molecule has 0 fully saturated rings. The fourth-order valence-corrected chi connectivity index (χ4v) is 8.74. The minimum Gasteiger partial charge on any atom is -0.311 e. The van der Waals surface area contributed by atoms with Crippen LogP contribution in [0.2, 0.25) is 0 Å². The van der Waals surface area contributed by atoms with Gasteiger partial charge in [-0.05, 0) is 122 Å². The van der Waals surface area contributed by atoms with Crippen LogP contribution in [0.1, 0.15) is 104 Å². The molecule has 0 amide bonds. The molecule has 0 saturated heterocycles. The second-order valence-electron chi connectivity index (χ2n) is 18.2. The van der Waals surface area contributed by atoms with Crippen molar-refractivity contribution in [1.29, 1.82) is 0 Å². The molecule has 0 N–H and O–H groups in total. The Morgan fingerprint density at radius 2 is 1.02 bits per heavy atom. The predicted octanol–water partition coefficient (Wildman–Crippen LogP) is 10.7. The SMILES string of the molecule is CC(C)(C)c1ccc(N2c3ccc(C(C)(C)C)cc3B3c4ccccc4N(c4ccc5c(c4)C(C)(C)CCC5(C)C)c4cccc2c43)cc1. The van der Waals surface area contributed by atoms with Crippen molar-refractivity contribution in [2.75, 3.05) is 9.80 Å². The molecule has 248 valence electrons. The van der Waals surface area contributed by atoms with Gasteiger partial charge in [0.2, 0.25) is 0 Å². The Bertz CT molecular complexity index is 2110. The van der Waals surface area contributed by atoms with Gasteiger partial charge in [0.25, 0.3) is 6.71 Å². The number of nitrogens with zero attached hydrogens (tertiary/aromatic N) is 2. The lowest BCUT2D eigenvalue weighted by molar-refractivity contribution is 0.332. The second-order valence-corrected chi connectivity index (χ2v) is 18.2. The van der Waals surface area contributed by atoms with Crippen LogP contribution >= 0.6 is 0 Å². The number of para-hydroxylation sites is 1. The maximum Gasteiger partial charge on any atom is 0.252 e. The molecule has 5 aromatic rings. The normalized spacial score (nSPS) is 17.2. The van der Waals surface area contributed by atoms with Gasteiger partial charge < -0.3 is 9.80 Å². The summed E-state index contributed by atoms with van der Waals surface area (Å²) in [5.41, 5.74) is 17.8. The van der Waals surface area contributed by atoms with Crippen molar-refractivity contribution in [2.45, 2.75) is 104 Å². The highest BCUT2D eigenvalue weighted by Crippen LogP contribution is 2.49. The van der Waals surface area contributed by atoms with E-state index in [-0.39, 0.29) is 28.4 Å². The van der Waals surface area contributed by atoms with E-state index in [1.54, 1.807) is 0 Å². The van der Waals surface area contributed by atoms with Gasteiger partial charge in [-0.2, -0.15) is 0 Å². The number of rotatable bonds is 2. The van der Waals surface area contributed by atoms with Crippen LogP contribution in [-0.4, -0.2) is 6.71 Å². The van der Waals surface area contributed by atoms with Gasteiger partial charge >= 0.3 is 0 Å². The number of fused-ring (bicyclic) bond motifs is 5. The number of hydrogen-bond donors (Lipinski definition) is 0. The standard InChI is InChI=1S/C46H51BN2/c1-43(2,3)30-18-21-32(22-19-30)48-39-25-20-31(44(4,5)6)28-37(39)47-36-14-11-12-15-38(36)49(41-17-13-16-40(48)42(41)47)33-23-24-34-35(29-33)46(9,10)27-26-45(34,7)8/h11-25,28-29H,26-27H2,1-10H3. The highest BCUT2D eigenvalue weighted by Gasteiger charge is 2.44. The van der Waals surface area contributed by atoms with Gasteiger partial charge in [-0.15, -0.1) is 0 Å². The lowest BCUT2D eigenvalue weighted by atomic mass is 9.33. The van der Waals surface area contributed by atoms with E-state index in [0.29, 0.717) is 0 Å². The summed E-state index contributed by atoms with van der Waals surface area (Å²) in [4.78, 5) is 5.08. The van der Waals surface area contributed by atoms with Crippen molar-refractivity contribution < 1.29 is 0 Å². The molecule has 2 nitrogen and oxygen atoms in total. The molecule has 3 heteroatoms. The van der Waals surface area contributed by atoms with E-state index < -0.39 is 0 Å². The van der Waals surface area contributed by atoms with Gasteiger partial charge in [-0.25, -0.2) is 0 Å². The summed E-state index contributed by atoms with van der Waals surface area (Å²) < 4.78 is 0. The molecule has 0 unspecified atom stereocenters. The third-order valence-corrected chi connectivity index (χ3v) is 11.9. The minimum atomic E-state index is 0.0396. The zero-order chi connectivity index (χ0) is 34.7. The summed E-state index contributed by atoms with van der Waals surface area (Å²) in [6.45, 7) is 23.7. The van der Waals surface area contributed by atoms with Crippen LogP contribution in [0, 0.1) is 0 Å². The van der Waals surface area contributed by atoms with Crippen LogP contribution in [0.25, 0.3) is 0 Å². The third-order valence-electron chi connectivity index (χ3n) is 11.9. The molecule has 2 aliphatic heterocycles. The van der Waals surface area contributed by atoms with Crippen LogP contribution in [0.3, 0.4) is 0 Å². The Labute approximate surface area is 295 Å². The van der Waals surface area contributed by atoms with Crippen LogP contribution in [0.5, 0.6) is 0 Å². The van der Waals surface area contributed by atoms with E-state index in [9.17, 15) is 0 Å². The van der Waals surface area contributed by atoms with Gasteiger partial charge in [0.1, 0.15) is 0 Å². The summed E-state index contributed by atoms with van der Waals surface area (Å²) >= 11 is 0. The largest absolute Gasteiger partial charge is 0.311 e. The highest BCUT2D eigenvalue weighted by molar-refractivity contribution is 7.00. The van der Waals surface area contributed by atoms with Crippen LogP contribution in [0.4, 0.5) is 34.1 Å². The molecule has 3 aliphatic rings. The van der Waals surface area contributed by atoms with E-state index in [2.05, 4.69) is 182 Å². The lowest BCUT2D eigenvalue weighted by Gasteiger charge is -2.45. The molecular formula is C46H51BN2. The van der Waals surface area contributed by atoms with E-state index in [1.807, 2.05) is 0 Å². The minimum absolute atomic E-state index is 0.0396. The van der Waals surface area contributed by atoms with Crippen LogP contribution in [0.15, 0.2) is 103 Å². The van der Waals surface area contributed by atoms with E-state index in [0.717, 1.165) is 0 Å². The molecule has 0 spiro atoms. The fourth-order valence-electron chi connectivity index (χ4n) is 8.74. The van der Waals surface area contributed by atoms with Gasteiger partial charge in [0, 0.05) is 34.1 Å². The highest BCUT2D eigenvalue weighted by atomic mass is 15.2. The van der Waals surface area contributed by atoms with Crippen molar-refractivity contribution in [2.24, 2.45) is 0 Å². The van der Waals surface area contributed by atoms with Crippen molar-refractivity contribution >= 4 is 57.2 Å². The maximum atomic E-state index is 2.56. The maximum absolute atomic E-state index is 2.56. The summed E-state index contributed by atoms with van der Waals surface area (Å²) in [5, 5.41) is 0. The van der Waals surface area contributed by atoms with Crippen LogP contribution < -0.4 is 26.2 Å². The van der Waals surface area contributed by atoms with Gasteiger partial charge in [-0.3, -0.25) is 0 Å². The first-order valence-electron chi connectivity index (χ1n) is 18.3. The van der Waals surface area contributed by atoms with Crippen molar-refractivity contribution in [1.82, 2.24) is 0 Å². The van der Waals surface area contributed by atoms with E-state index in [4.69, 9.17) is 0 Å². The summed E-state index contributed by atoms with van der Waals surface area (Å²) in [6.07, 6.45) is 2.42. The molecule has 0 atom stereocenters. The Kier molecular flexibility index (Phi) is 6.94. The molecule has 1 aliphatic carbocycles. The van der Waals surface area contributed by atoms with Crippen molar-refractivity contribution in [3.05, 3.63) is 125 Å². The number of hydrogen-bond acceptors (Lipinski definition) is 2. The molecule has 5 aromatic carbocycles. The van der Waals surface area contributed by atoms with E-state index in [1.165, 1.54) is 85.6 Å². The van der Waals surface area contributed by atoms with Gasteiger partial charge in [0.15, 0.2) is 0 Å². The molecule has 49 heavy (non-hydrogen) atoms. The first-order valence-corrected chi connectivity index (χ1v) is 18.3. The molecule has 0 saturated carbocycles. The molecule has 8 rings (SSSR count). The third kappa shape index (κ3) is 4.98.